The molecule has 284 valence electrons. The molecule has 0 bridgehead atoms. The third-order valence-corrected chi connectivity index (χ3v) is 9.76. The summed E-state index contributed by atoms with van der Waals surface area (Å²) in [6.07, 6.45) is 3.84. The number of benzene rings is 5. The first-order chi connectivity index (χ1) is 27.3. The van der Waals surface area contributed by atoms with Gasteiger partial charge in [0.2, 0.25) is 11.7 Å². The quantitative estimate of drug-likeness (QED) is 0.104. The summed E-state index contributed by atoms with van der Waals surface area (Å²) < 4.78 is 19.8. The Labute approximate surface area is 325 Å². The van der Waals surface area contributed by atoms with Crippen LogP contribution in [0.25, 0.3) is 6.08 Å². The summed E-state index contributed by atoms with van der Waals surface area (Å²) in [6, 6.07) is 40.1. The summed E-state index contributed by atoms with van der Waals surface area (Å²) in [6.45, 7) is 0.0979. The maximum absolute atomic E-state index is 13.8. The predicted octanol–water partition coefficient (Wildman–Crippen LogP) is 6.23. The number of allylic oxidation sites excluding steroid dienone is 1. The average molecular weight is 751 g/mol. The van der Waals surface area contributed by atoms with Crippen LogP contribution in [0.5, 0.6) is 5.75 Å². The second kappa shape index (κ2) is 17.4. The summed E-state index contributed by atoms with van der Waals surface area (Å²) in [5.41, 5.74) is 4.99. The minimum atomic E-state index is -1.34. The van der Waals surface area contributed by atoms with E-state index in [2.05, 4.69) is 10.6 Å². The Bertz CT molecular complexity index is 2180. The van der Waals surface area contributed by atoms with E-state index in [0.29, 0.717) is 28.7 Å². The molecule has 7 rings (SSSR count). The molecule has 56 heavy (non-hydrogen) atoms. The Kier molecular flexibility index (Phi) is 11.8. The number of phenolic OH excluding ortho intramolecular Hbond substituents is 1. The summed E-state index contributed by atoms with van der Waals surface area (Å²) in [4.78, 5) is 40.0. The largest absolute Gasteiger partial charge is 0.508 e. The van der Waals surface area contributed by atoms with Crippen molar-refractivity contribution in [2.24, 2.45) is 0 Å². The average Bonchev–Trinajstić information content (AvgIpc) is 3.65. The van der Waals surface area contributed by atoms with Crippen molar-refractivity contribution in [3.8, 4) is 5.75 Å². The molecule has 1 heterocycles. The molecule has 2 amide bonds. The summed E-state index contributed by atoms with van der Waals surface area (Å²) in [5, 5.41) is 24.7. The van der Waals surface area contributed by atoms with Gasteiger partial charge in [0.25, 0.3) is 5.91 Å². The number of fused-ring (bicyclic) bond motifs is 1. The van der Waals surface area contributed by atoms with Crippen LogP contribution in [0.3, 0.4) is 0 Å². The number of phenols is 1. The predicted molar refractivity (Wildman–Crippen MR) is 210 cm³/mol. The monoisotopic (exact) mass is 750 g/mol. The Morgan fingerprint density at radius 1 is 0.768 bits per heavy atom. The molecule has 0 radical (unpaired) electrons. The standard InChI is InChI=1S/C46H42N2O8/c49-26-25-47-43(51)35-15-10-12-32(27-35)30-48-44(52)36-28-40(54-45(53)34-23-21-31(22-24-34)11-9-14-33-13-7-8-20-39(33)50)42-41(29-36)55-46(56-42,37-16-3-1-4-17-37)38-18-5-2-6-19-38/h1-13,15-24,27,29,40-42,49-50H,14,25-26,28,30H2,(H,47,51)(H,48,52)/t40-,41-,42+/m1/s1. The van der Waals surface area contributed by atoms with Gasteiger partial charge in [0, 0.05) is 41.8 Å². The number of rotatable bonds is 13. The number of ether oxygens (including phenoxy) is 3. The third-order valence-electron chi connectivity index (χ3n) is 9.76. The lowest BCUT2D eigenvalue weighted by Crippen LogP contribution is -2.43. The van der Waals surface area contributed by atoms with Crippen LogP contribution in [0.15, 0.2) is 151 Å². The topological polar surface area (TPSA) is 143 Å². The molecule has 2 aliphatic rings. The molecule has 1 fully saturated rings. The maximum Gasteiger partial charge on any atom is 0.338 e. The zero-order valence-corrected chi connectivity index (χ0v) is 30.5. The molecule has 0 saturated carbocycles. The van der Waals surface area contributed by atoms with Crippen molar-refractivity contribution in [1.82, 2.24) is 10.6 Å². The fourth-order valence-corrected chi connectivity index (χ4v) is 6.92. The van der Waals surface area contributed by atoms with Crippen LogP contribution in [-0.4, -0.2) is 59.5 Å². The van der Waals surface area contributed by atoms with Crippen molar-refractivity contribution in [2.75, 3.05) is 13.2 Å². The van der Waals surface area contributed by atoms with E-state index >= 15 is 0 Å². The number of hydrogen-bond acceptors (Lipinski definition) is 8. The normalized spacial score (nSPS) is 18.4. The van der Waals surface area contributed by atoms with Gasteiger partial charge in [0.05, 0.1) is 12.2 Å². The van der Waals surface area contributed by atoms with Crippen LogP contribution in [-0.2, 0) is 37.8 Å². The maximum atomic E-state index is 13.8. The van der Waals surface area contributed by atoms with Gasteiger partial charge >= 0.3 is 5.97 Å². The van der Waals surface area contributed by atoms with E-state index < -0.39 is 30.1 Å². The van der Waals surface area contributed by atoms with Crippen molar-refractivity contribution in [3.63, 3.8) is 0 Å². The molecule has 0 unspecified atom stereocenters. The number of carbonyl (C=O) groups is 3. The number of amides is 2. The lowest BCUT2D eigenvalue weighted by atomic mass is 9.91. The lowest BCUT2D eigenvalue weighted by Gasteiger charge is -2.31. The summed E-state index contributed by atoms with van der Waals surface area (Å²) in [5.74, 6) is -2.38. The van der Waals surface area contributed by atoms with Crippen molar-refractivity contribution in [1.29, 1.82) is 0 Å². The van der Waals surface area contributed by atoms with Crippen LogP contribution in [0.2, 0.25) is 0 Å². The van der Waals surface area contributed by atoms with E-state index in [-0.39, 0.29) is 43.7 Å². The van der Waals surface area contributed by atoms with Gasteiger partial charge in [-0.25, -0.2) is 4.79 Å². The molecule has 0 aromatic heterocycles. The van der Waals surface area contributed by atoms with Gasteiger partial charge in [-0.15, -0.1) is 0 Å². The number of carbonyl (C=O) groups excluding carboxylic acids is 3. The van der Waals surface area contributed by atoms with E-state index in [1.165, 1.54) is 0 Å². The summed E-state index contributed by atoms with van der Waals surface area (Å²) >= 11 is 0. The zero-order chi connectivity index (χ0) is 38.9. The molecule has 5 aromatic rings. The number of para-hydroxylation sites is 1. The van der Waals surface area contributed by atoms with E-state index in [9.17, 15) is 19.5 Å². The van der Waals surface area contributed by atoms with Crippen LogP contribution in [0.4, 0.5) is 0 Å². The number of aliphatic hydroxyl groups excluding tert-OH is 1. The first kappa shape index (κ1) is 38.0. The summed E-state index contributed by atoms with van der Waals surface area (Å²) in [7, 11) is 0. The van der Waals surface area contributed by atoms with Gasteiger partial charge in [-0.1, -0.05) is 115 Å². The second-order valence-electron chi connectivity index (χ2n) is 13.6. The molecule has 1 aliphatic heterocycles. The van der Waals surface area contributed by atoms with Crippen molar-refractivity contribution >= 4 is 23.9 Å². The highest BCUT2D eigenvalue weighted by molar-refractivity contribution is 5.95. The van der Waals surface area contributed by atoms with Gasteiger partial charge in [-0.2, -0.15) is 0 Å². The highest BCUT2D eigenvalue weighted by atomic mass is 16.8. The Hall–Kier alpha value is -6.33. The van der Waals surface area contributed by atoms with Gasteiger partial charge in [0.1, 0.15) is 24.1 Å². The molecule has 1 aliphatic carbocycles. The van der Waals surface area contributed by atoms with Crippen molar-refractivity contribution in [2.45, 2.75) is 43.5 Å². The van der Waals surface area contributed by atoms with Crippen LogP contribution >= 0.6 is 0 Å². The van der Waals surface area contributed by atoms with Crippen LogP contribution < -0.4 is 10.6 Å². The first-order valence-electron chi connectivity index (χ1n) is 18.5. The SMILES string of the molecule is O=C(NCc1cccc(C(=O)NCCO)c1)C1=C[C@H]2OC(c3ccccc3)(c3ccccc3)O[C@H]2[C@H](OC(=O)c2ccc(C=CCc3ccccc3O)cc2)C1. The number of aliphatic hydroxyl groups is 1. The van der Waals surface area contributed by atoms with E-state index in [4.69, 9.17) is 19.3 Å². The van der Waals surface area contributed by atoms with Crippen molar-refractivity contribution < 1.29 is 38.8 Å². The molecule has 5 aromatic carbocycles. The number of hydrogen-bond donors (Lipinski definition) is 4. The van der Waals surface area contributed by atoms with Crippen LogP contribution in [0, 0.1) is 0 Å². The van der Waals surface area contributed by atoms with Gasteiger partial charge < -0.3 is 35.1 Å². The van der Waals surface area contributed by atoms with E-state index in [1.807, 2.05) is 97.1 Å². The highest BCUT2D eigenvalue weighted by Gasteiger charge is 2.55. The van der Waals surface area contributed by atoms with Crippen molar-refractivity contribution in [3.05, 3.63) is 190 Å². The van der Waals surface area contributed by atoms with Gasteiger partial charge in [0.15, 0.2) is 0 Å². The van der Waals surface area contributed by atoms with Gasteiger partial charge in [-0.05, 0) is 59.5 Å². The zero-order valence-electron chi connectivity index (χ0n) is 30.5. The fourth-order valence-electron chi connectivity index (χ4n) is 6.92. The molecule has 10 nitrogen and oxygen atoms in total. The van der Waals surface area contributed by atoms with Crippen LogP contribution in [0.1, 0.15) is 55.0 Å². The lowest BCUT2D eigenvalue weighted by molar-refractivity contribution is -0.157. The third kappa shape index (κ3) is 8.63. The second-order valence-corrected chi connectivity index (χ2v) is 13.6. The smallest absolute Gasteiger partial charge is 0.338 e. The molecular formula is C46H42N2O8. The minimum Gasteiger partial charge on any atom is -0.508 e. The number of aromatic hydroxyl groups is 1. The Morgan fingerprint density at radius 3 is 2.16 bits per heavy atom. The van der Waals surface area contributed by atoms with Gasteiger partial charge in [-0.3, -0.25) is 9.59 Å². The van der Waals surface area contributed by atoms with E-state index in [1.54, 1.807) is 54.6 Å². The first-order valence-corrected chi connectivity index (χ1v) is 18.5. The molecular weight excluding hydrogens is 709 g/mol. The van der Waals surface area contributed by atoms with E-state index in [0.717, 1.165) is 22.3 Å². The Morgan fingerprint density at radius 2 is 1.46 bits per heavy atom. The Balaban J connectivity index is 1.12. The molecule has 0 spiro atoms. The fraction of sp³-hybridized carbons (Fsp3) is 0.196. The number of esters is 1. The molecule has 1 saturated heterocycles. The minimum absolute atomic E-state index is 0.0680. The molecule has 10 heteroatoms. The molecule has 3 atom stereocenters. The number of nitrogens with one attached hydrogen (secondary N) is 2. The highest BCUT2D eigenvalue weighted by Crippen LogP contribution is 2.47. The molecule has 4 N–H and O–H groups in total.